The molecule has 126 valence electrons. The number of nitrogens with one attached hydrogen (secondary N) is 2. The summed E-state index contributed by atoms with van der Waals surface area (Å²) in [7, 11) is -3.01. The van der Waals surface area contributed by atoms with Crippen LogP contribution in [0.2, 0.25) is 0 Å². The van der Waals surface area contributed by atoms with Gasteiger partial charge in [-0.05, 0) is 36.6 Å². The summed E-state index contributed by atoms with van der Waals surface area (Å²) >= 11 is 1.21. The van der Waals surface area contributed by atoms with Crippen LogP contribution in [0, 0.1) is 11.7 Å². The van der Waals surface area contributed by atoms with Crippen LogP contribution in [-0.2, 0) is 19.4 Å². The molecule has 2 N–H and O–H groups in total. The van der Waals surface area contributed by atoms with Crippen LogP contribution in [0.15, 0.2) is 29.2 Å². The van der Waals surface area contributed by atoms with Crippen LogP contribution in [-0.4, -0.2) is 37.5 Å². The van der Waals surface area contributed by atoms with E-state index in [1.807, 2.05) is 0 Å². The van der Waals surface area contributed by atoms with Crippen LogP contribution >= 0.6 is 11.8 Å². The Morgan fingerprint density at radius 2 is 1.83 bits per heavy atom. The summed E-state index contributed by atoms with van der Waals surface area (Å²) in [5.41, 5.74) is 4.55. The molecule has 1 aromatic rings. The molecule has 0 aromatic heterocycles. The van der Waals surface area contributed by atoms with Crippen molar-refractivity contribution in [3.63, 3.8) is 0 Å². The van der Waals surface area contributed by atoms with Gasteiger partial charge in [0.1, 0.15) is 5.82 Å². The Bertz CT molecular complexity index is 677. The zero-order valence-corrected chi connectivity index (χ0v) is 13.9. The summed E-state index contributed by atoms with van der Waals surface area (Å²) in [6.45, 7) is 0. The summed E-state index contributed by atoms with van der Waals surface area (Å²) in [5.74, 6) is -1.13. The van der Waals surface area contributed by atoms with Gasteiger partial charge in [-0.3, -0.25) is 20.4 Å². The van der Waals surface area contributed by atoms with Gasteiger partial charge in [-0.15, -0.1) is 11.8 Å². The fourth-order valence-corrected chi connectivity index (χ4v) is 4.76. The second-order valence-corrected chi connectivity index (χ2v) is 8.59. The Morgan fingerprint density at radius 3 is 2.43 bits per heavy atom. The summed E-state index contributed by atoms with van der Waals surface area (Å²) in [6.07, 6.45) is 0.550. The van der Waals surface area contributed by atoms with Crippen LogP contribution < -0.4 is 10.9 Å². The van der Waals surface area contributed by atoms with Crippen molar-refractivity contribution in [2.75, 3.05) is 17.3 Å². The summed E-state index contributed by atoms with van der Waals surface area (Å²) in [5, 5.41) is 0. The zero-order valence-electron chi connectivity index (χ0n) is 12.2. The van der Waals surface area contributed by atoms with E-state index < -0.39 is 21.7 Å². The van der Waals surface area contributed by atoms with Gasteiger partial charge in [0.25, 0.3) is 0 Å². The van der Waals surface area contributed by atoms with E-state index in [1.54, 1.807) is 12.1 Å². The molecular weight excluding hydrogens is 343 g/mol. The van der Waals surface area contributed by atoms with Gasteiger partial charge in [-0.25, -0.2) is 12.8 Å². The minimum Gasteiger partial charge on any atom is -0.273 e. The molecule has 1 saturated heterocycles. The van der Waals surface area contributed by atoms with Crippen molar-refractivity contribution in [2.24, 2.45) is 5.92 Å². The number of rotatable bonds is 5. The molecule has 1 aliphatic rings. The minimum atomic E-state index is -3.01. The Labute approximate surface area is 138 Å². The molecular formula is C14H17FN2O4S2. The molecule has 0 radical (unpaired) electrons. The van der Waals surface area contributed by atoms with E-state index in [-0.39, 0.29) is 35.4 Å². The molecule has 1 aromatic carbocycles. The lowest BCUT2D eigenvalue weighted by molar-refractivity contribution is -0.128. The van der Waals surface area contributed by atoms with Crippen LogP contribution in [0.5, 0.6) is 0 Å². The zero-order chi connectivity index (χ0) is 16.9. The monoisotopic (exact) mass is 360 g/mol. The molecule has 0 aliphatic carbocycles. The third kappa shape index (κ3) is 6.19. The highest BCUT2D eigenvalue weighted by Gasteiger charge is 2.29. The largest absolute Gasteiger partial charge is 0.273 e. The van der Waals surface area contributed by atoms with Gasteiger partial charge < -0.3 is 0 Å². The molecule has 2 amide bonds. The van der Waals surface area contributed by atoms with Crippen molar-refractivity contribution in [2.45, 2.75) is 17.7 Å². The van der Waals surface area contributed by atoms with Crippen molar-refractivity contribution in [1.82, 2.24) is 10.9 Å². The average molecular weight is 360 g/mol. The van der Waals surface area contributed by atoms with Gasteiger partial charge in [0, 0.05) is 11.3 Å². The Kier molecular flexibility index (Phi) is 6.00. The Balaban J connectivity index is 1.66. The predicted octanol–water partition coefficient (Wildman–Crippen LogP) is 0.890. The van der Waals surface area contributed by atoms with E-state index >= 15 is 0 Å². The van der Waals surface area contributed by atoms with E-state index in [1.165, 1.54) is 23.9 Å². The summed E-state index contributed by atoms with van der Waals surface area (Å²) in [4.78, 5) is 24.0. The lowest BCUT2D eigenvalue weighted by Crippen LogP contribution is -2.43. The molecule has 1 atom stereocenters. The number of sulfone groups is 1. The molecule has 0 spiro atoms. The topological polar surface area (TPSA) is 92.3 Å². The van der Waals surface area contributed by atoms with E-state index in [4.69, 9.17) is 0 Å². The van der Waals surface area contributed by atoms with Gasteiger partial charge in [0.2, 0.25) is 11.8 Å². The highest BCUT2D eigenvalue weighted by atomic mass is 32.2. The van der Waals surface area contributed by atoms with E-state index in [2.05, 4.69) is 10.9 Å². The lowest BCUT2D eigenvalue weighted by atomic mass is 10.1. The maximum Gasteiger partial charge on any atom is 0.248 e. The fourth-order valence-electron chi connectivity index (χ4n) is 2.20. The van der Waals surface area contributed by atoms with E-state index in [9.17, 15) is 22.4 Å². The minimum absolute atomic E-state index is 0.0226. The maximum atomic E-state index is 12.7. The van der Waals surface area contributed by atoms with Crippen molar-refractivity contribution < 1.29 is 22.4 Å². The predicted molar refractivity (Wildman–Crippen MR) is 84.8 cm³/mol. The van der Waals surface area contributed by atoms with Gasteiger partial charge >= 0.3 is 0 Å². The number of hydrazine groups is 1. The number of thioether (sulfide) groups is 1. The first-order valence-corrected chi connectivity index (χ1v) is 9.81. The number of benzene rings is 1. The standard InChI is InChI=1S/C14H17FN2O4S2/c15-11-1-3-12(4-2-11)22-8-14(19)17-16-13(18)7-10-5-6-23(20,21)9-10/h1-4,10H,5-9H2,(H,16,18)(H,17,19)/t10-/m0/s1. The third-order valence-corrected chi connectivity index (χ3v) is 6.17. The van der Waals surface area contributed by atoms with Crippen LogP contribution in [0.25, 0.3) is 0 Å². The van der Waals surface area contributed by atoms with Crippen molar-refractivity contribution >= 4 is 33.4 Å². The van der Waals surface area contributed by atoms with Crippen molar-refractivity contribution in [1.29, 1.82) is 0 Å². The molecule has 1 heterocycles. The Hall–Kier alpha value is -1.61. The molecule has 0 unspecified atom stereocenters. The first kappa shape index (κ1) is 17.7. The molecule has 1 fully saturated rings. The van der Waals surface area contributed by atoms with Crippen LogP contribution in [0.1, 0.15) is 12.8 Å². The third-order valence-electron chi connectivity index (χ3n) is 3.33. The number of halogens is 1. The number of carbonyl (C=O) groups excluding carboxylic acids is 2. The van der Waals surface area contributed by atoms with Crippen molar-refractivity contribution in [3.05, 3.63) is 30.1 Å². The maximum absolute atomic E-state index is 12.7. The molecule has 0 saturated carbocycles. The molecule has 23 heavy (non-hydrogen) atoms. The van der Waals surface area contributed by atoms with Gasteiger partial charge in [-0.2, -0.15) is 0 Å². The molecule has 0 bridgehead atoms. The van der Waals surface area contributed by atoms with Gasteiger partial charge in [-0.1, -0.05) is 0 Å². The number of carbonyl (C=O) groups is 2. The molecule has 1 aliphatic heterocycles. The summed E-state index contributed by atoms with van der Waals surface area (Å²) in [6, 6.07) is 5.73. The molecule has 2 rings (SSSR count). The molecule has 6 nitrogen and oxygen atoms in total. The number of hydrogen-bond acceptors (Lipinski definition) is 5. The van der Waals surface area contributed by atoms with Crippen LogP contribution in [0.4, 0.5) is 4.39 Å². The summed E-state index contributed by atoms with van der Waals surface area (Å²) < 4.78 is 35.3. The first-order chi connectivity index (χ1) is 10.8. The highest BCUT2D eigenvalue weighted by molar-refractivity contribution is 8.00. The molecule has 9 heteroatoms. The normalized spacial score (nSPS) is 19.3. The quantitative estimate of drug-likeness (QED) is 0.601. The Morgan fingerprint density at radius 1 is 1.17 bits per heavy atom. The second-order valence-electron chi connectivity index (χ2n) is 5.31. The fraction of sp³-hybridized carbons (Fsp3) is 0.429. The smallest absolute Gasteiger partial charge is 0.248 e. The lowest BCUT2D eigenvalue weighted by Gasteiger charge is -2.10. The first-order valence-electron chi connectivity index (χ1n) is 7.00. The van der Waals surface area contributed by atoms with Gasteiger partial charge in [0.05, 0.1) is 17.3 Å². The second kappa shape index (κ2) is 7.78. The van der Waals surface area contributed by atoms with E-state index in [0.29, 0.717) is 6.42 Å². The van der Waals surface area contributed by atoms with Gasteiger partial charge in [0.15, 0.2) is 9.84 Å². The number of amides is 2. The van der Waals surface area contributed by atoms with Crippen LogP contribution in [0.3, 0.4) is 0 Å². The highest BCUT2D eigenvalue weighted by Crippen LogP contribution is 2.21. The SMILES string of the molecule is O=C(CSc1ccc(F)cc1)NNC(=O)C[C@@H]1CCS(=O)(=O)C1. The average Bonchev–Trinajstić information content (AvgIpc) is 2.83. The number of hydrogen-bond donors (Lipinski definition) is 2. The van der Waals surface area contributed by atoms with Crippen molar-refractivity contribution in [3.8, 4) is 0 Å². The van der Waals surface area contributed by atoms with E-state index in [0.717, 1.165) is 4.90 Å².